The lowest BCUT2D eigenvalue weighted by atomic mass is 9.64. The van der Waals surface area contributed by atoms with Crippen molar-refractivity contribution < 1.29 is 28.2 Å². The van der Waals surface area contributed by atoms with E-state index >= 15 is 4.39 Å². The number of nitrogens with zero attached hydrogens (tertiary/aromatic N) is 3. The Morgan fingerprint density at radius 3 is 2.62 bits per heavy atom. The SMILES string of the molecule is CN1CCCC1CCNC1C(F)CC2C(=O)C(C(=O)N3CC[C@@H](NC(=O)OC(C)(C)C)C3)=CN3C4CCC5CCCCC5C4OC1C23. The molecule has 4 aliphatic heterocycles. The fraction of sp³-hybridized carbons (Fsp3) is 0.861. The number of ketones is 1. The number of nitrogens with one attached hydrogen (secondary N) is 2. The maximum absolute atomic E-state index is 16.3. The van der Waals surface area contributed by atoms with Crippen molar-refractivity contribution in [1.82, 2.24) is 25.3 Å². The Morgan fingerprint density at radius 2 is 1.85 bits per heavy atom. The van der Waals surface area contributed by atoms with E-state index in [4.69, 9.17) is 9.47 Å². The molecule has 7 aliphatic rings. The maximum Gasteiger partial charge on any atom is 0.407 e. The van der Waals surface area contributed by atoms with Gasteiger partial charge in [-0.2, -0.15) is 0 Å². The highest BCUT2D eigenvalue weighted by Crippen LogP contribution is 2.51. The highest BCUT2D eigenvalue weighted by molar-refractivity contribution is 6.20. The van der Waals surface area contributed by atoms with E-state index in [-0.39, 0.29) is 47.9 Å². The average molecular weight is 658 g/mol. The normalized spacial score (nSPS) is 40.3. The molecule has 3 aliphatic carbocycles. The third-order valence-electron chi connectivity index (χ3n) is 12.5. The van der Waals surface area contributed by atoms with Crippen molar-refractivity contribution >= 4 is 17.8 Å². The van der Waals surface area contributed by atoms with Gasteiger partial charge in [0.1, 0.15) is 11.8 Å². The number of fused-ring (bicyclic) bond motifs is 4. The second-order valence-electron chi connectivity index (χ2n) is 16.5. The third kappa shape index (κ3) is 6.57. The number of rotatable bonds is 6. The van der Waals surface area contributed by atoms with Crippen LogP contribution in [0, 0.1) is 17.8 Å². The summed E-state index contributed by atoms with van der Waals surface area (Å²) >= 11 is 0. The van der Waals surface area contributed by atoms with Crippen LogP contribution in [-0.4, -0.2) is 120 Å². The maximum atomic E-state index is 16.3. The van der Waals surface area contributed by atoms with Crippen LogP contribution in [0.1, 0.15) is 91.4 Å². The first-order chi connectivity index (χ1) is 22.5. The first-order valence-corrected chi connectivity index (χ1v) is 18.5. The summed E-state index contributed by atoms with van der Waals surface area (Å²) < 4.78 is 28.8. The summed E-state index contributed by atoms with van der Waals surface area (Å²) in [6, 6.07) is -0.409. The van der Waals surface area contributed by atoms with Crippen LogP contribution in [0.3, 0.4) is 0 Å². The van der Waals surface area contributed by atoms with E-state index in [0.717, 1.165) is 38.8 Å². The molecular formula is C36H56FN5O5. The van der Waals surface area contributed by atoms with Crippen molar-refractivity contribution in [3.8, 4) is 0 Å². The molecule has 6 fully saturated rings. The average Bonchev–Trinajstić information content (AvgIpc) is 3.66. The second kappa shape index (κ2) is 13.2. The minimum Gasteiger partial charge on any atom is -0.444 e. The molecule has 0 spiro atoms. The molecule has 0 aromatic carbocycles. The zero-order chi connectivity index (χ0) is 33.0. The Balaban J connectivity index is 1.12. The molecule has 47 heavy (non-hydrogen) atoms. The monoisotopic (exact) mass is 657 g/mol. The quantitative estimate of drug-likeness (QED) is 0.417. The zero-order valence-corrected chi connectivity index (χ0v) is 28.8. The molecule has 11 atom stereocenters. The highest BCUT2D eigenvalue weighted by atomic mass is 19.1. The van der Waals surface area contributed by atoms with Gasteiger partial charge in [0.2, 0.25) is 0 Å². The molecular weight excluding hydrogens is 601 g/mol. The van der Waals surface area contributed by atoms with E-state index in [1.54, 1.807) is 4.90 Å². The molecule has 3 saturated carbocycles. The molecule has 2 amide bonds. The molecule has 2 N–H and O–H groups in total. The van der Waals surface area contributed by atoms with E-state index in [0.29, 0.717) is 37.4 Å². The summed E-state index contributed by atoms with van der Waals surface area (Å²) in [4.78, 5) is 47.0. The van der Waals surface area contributed by atoms with Crippen LogP contribution in [0.25, 0.3) is 0 Å². The molecule has 10 nitrogen and oxygen atoms in total. The predicted octanol–water partition coefficient (Wildman–Crippen LogP) is 3.79. The first-order valence-electron chi connectivity index (χ1n) is 18.5. The van der Waals surface area contributed by atoms with Gasteiger partial charge in [-0.1, -0.05) is 19.3 Å². The number of morpholine rings is 1. The number of carbonyl (C=O) groups is 3. The Bertz CT molecular complexity index is 1240. The van der Waals surface area contributed by atoms with Gasteiger partial charge in [0.15, 0.2) is 5.78 Å². The van der Waals surface area contributed by atoms with Gasteiger partial charge in [0, 0.05) is 31.2 Å². The van der Waals surface area contributed by atoms with Crippen LogP contribution < -0.4 is 10.6 Å². The Labute approximate surface area is 279 Å². The highest BCUT2D eigenvalue weighted by Gasteiger charge is 2.60. The molecule has 0 bridgehead atoms. The topological polar surface area (TPSA) is 103 Å². The molecule has 4 heterocycles. The van der Waals surface area contributed by atoms with Crippen LogP contribution in [0.5, 0.6) is 0 Å². The number of amides is 2. The lowest BCUT2D eigenvalue weighted by molar-refractivity contribution is -0.220. The summed E-state index contributed by atoms with van der Waals surface area (Å²) in [7, 11) is 2.17. The smallest absolute Gasteiger partial charge is 0.407 e. The number of alkyl halides is 1. The molecule has 11 heteroatoms. The number of carbonyl (C=O) groups excluding carboxylic acids is 3. The standard InChI is InChI=1S/C36H56FN5O5/c1-36(2,3)47-35(45)39-22-14-17-41(19-22)34(44)26-20-42-28-12-11-21-8-5-6-10-24(21)32(28)46-33-29(27(37)18-25(30(33)42)31(26)43)38-15-13-23-9-7-16-40(23)4/h20-25,27-30,32-33,38H,5-19H2,1-4H3,(H,39,45)/t21?,22-,23?,24?,25?,27?,28?,29?,30?,32?,33?/m1/s1. The summed E-state index contributed by atoms with van der Waals surface area (Å²) in [6.45, 7) is 8.02. The predicted molar refractivity (Wildman–Crippen MR) is 175 cm³/mol. The lowest BCUT2D eigenvalue weighted by Crippen LogP contribution is -2.74. The zero-order valence-electron chi connectivity index (χ0n) is 28.8. The van der Waals surface area contributed by atoms with Gasteiger partial charge in [0.05, 0.1) is 41.9 Å². The van der Waals surface area contributed by atoms with Gasteiger partial charge >= 0.3 is 6.09 Å². The fourth-order valence-electron chi connectivity index (χ4n) is 10.2. The number of ether oxygens (including phenoxy) is 2. The lowest BCUT2D eigenvalue weighted by Gasteiger charge is -2.61. The van der Waals surface area contributed by atoms with Crippen LogP contribution in [0.15, 0.2) is 11.8 Å². The van der Waals surface area contributed by atoms with E-state index < -0.39 is 35.9 Å². The van der Waals surface area contributed by atoms with Gasteiger partial charge in [-0.3, -0.25) is 9.59 Å². The number of likely N-dealkylation sites (tertiary alicyclic amines) is 2. The summed E-state index contributed by atoms with van der Waals surface area (Å²) in [5.41, 5.74) is -0.453. The minimum atomic E-state index is -1.24. The second-order valence-corrected chi connectivity index (χ2v) is 16.5. The summed E-state index contributed by atoms with van der Waals surface area (Å²) in [5.74, 6) is -0.141. The molecule has 262 valence electrons. The molecule has 0 aromatic rings. The van der Waals surface area contributed by atoms with Crippen molar-refractivity contribution in [2.24, 2.45) is 17.8 Å². The number of Topliss-reactive ketones (excluding diaryl/α,β-unsaturated/α-hetero) is 1. The van der Waals surface area contributed by atoms with Crippen molar-refractivity contribution in [2.45, 2.75) is 146 Å². The molecule has 0 radical (unpaired) electrons. The van der Waals surface area contributed by atoms with Gasteiger partial charge in [0.25, 0.3) is 5.91 Å². The van der Waals surface area contributed by atoms with Crippen LogP contribution in [0.4, 0.5) is 9.18 Å². The molecule has 7 rings (SSSR count). The van der Waals surface area contributed by atoms with Gasteiger partial charge in [-0.25, -0.2) is 9.18 Å². The van der Waals surface area contributed by atoms with Gasteiger partial charge in [-0.05, 0) is 104 Å². The van der Waals surface area contributed by atoms with Crippen LogP contribution >= 0.6 is 0 Å². The van der Waals surface area contributed by atoms with Gasteiger partial charge < -0.3 is 34.8 Å². The van der Waals surface area contributed by atoms with Crippen molar-refractivity contribution in [3.63, 3.8) is 0 Å². The fourth-order valence-corrected chi connectivity index (χ4v) is 10.2. The first kappa shape index (κ1) is 33.3. The number of hydrogen-bond acceptors (Lipinski definition) is 8. The van der Waals surface area contributed by atoms with Crippen molar-refractivity contribution in [3.05, 3.63) is 11.8 Å². The van der Waals surface area contributed by atoms with Crippen LogP contribution in [0.2, 0.25) is 0 Å². The number of hydrogen-bond donors (Lipinski definition) is 2. The van der Waals surface area contributed by atoms with Crippen molar-refractivity contribution in [2.75, 3.05) is 33.2 Å². The summed E-state index contributed by atoms with van der Waals surface area (Å²) in [5, 5.41) is 6.48. The van der Waals surface area contributed by atoms with Crippen molar-refractivity contribution in [1.29, 1.82) is 0 Å². The minimum absolute atomic E-state index is 0.0264. The Kier molecular flexibility index (Phi) is 9.37. The third-order valence-corrected chi connectivity index (χ3v) is 12.5. The van der Waals surface area contributed by atoms with E-state index in [9.17, 15) is 14.4 Å². The number of alkyl carbamates (subject to hydrolysis) is 1. The van der Waals surface area contributed by atoms with E-state index in [1.165, 1.54) is 32.1 Å². The van der Waals surface area contributed by atoms with Gasteiger partial charge in [-0.15, -0.1) is 0 Å². The molecule has 10 unspecified atom stereocenters. The Hall–Kier alpha value is -2.24. The van der Waals surface area contributed by atoms with E-state index in [2.05, 4.69) is 27.5 Å². The Morgan fingerprint density at radius 1 is 1.04 bits per heavy atom. The van der Waals surface area contributed by atoms with E-state index in [1.807, 2.05) is 27.0 Å². The summed E-state index contributed by atoms with van der Waals surface area (Å²) in [6.07, 6.45) is 10.6. The molecule has 0 aromatic heterocycles. The largest absolute Gasteiger partial charge is 0.444 e. The molecule has 3 saturated heterocycles. The number of halogens is 1. The van der Waals surface area contributed by atoms with Crippen LogP contribution in [-0.2, 0) is 19.1 Å².